The van der Waals surface area contributed by atoms with E-state index in [0.29, 0.717) is 5.92 Å². The predicted molar refractivity (Wildman–Crippen MR) is 187 cm³/mol. The number of rotatable bonds is 4. The van der Waals surface area contributed by atoms with Crippen LogP contribution in [0.3, 0.4) is 0 Å². The standard InChI is InChI=1S/C42H32N2/c1-3-13-29(14-4-1)31-17-11-19-33(27-31)43-37-23-9-7-21-35(37)41-39(43)25-26-40-42(41)36-22-8-10-24-38(36)44(40)34-20-12-18-32(28-34)30-15-5-2-6-16-30/h1-11,13-17,19-27,32H,12,18,28H2. The normalized spacial score (nSPS) is 15.4. The van der Waals surface area contributed by atoms with Crippen LogP contribution in [-0.4, -0.2) is 9.13 Å². The first-order chi connectivity index (χ1) is 21.8. The largest absolute Gasteiger partial charge is 0.313 e. The van der Waals surface area contributed by atoms with E-state index in [2.05, 4.69) is 161 Å². The average Bonchev–Trinajstić information content (AvgIpc) is 3.62. The van der Waals surface area contributed by atoms with E-state index in [0.717, 1.165) is 12.8 Å². The number of hydrogen-bond donors (Lipinski definition) is 0. The molecule has 210 valence electrons. The fourth-order valence-corrected chi connectivity index (χ4v) is 7.64. The summed E-state index contributed by atoms with van der Waals surface area (Å²) in [6.45, 7) is 0. The molecule has 2 nitrogen and oxygen atoms in total. The Labute approximate surface area is 257 Å². The highest BCUT2D eigenvalue weighted by Crippen LogP contribution is 2.44. The second kappa shape index (κ2) is 10.1. The van der Waals surface area contributed by atoms with E-state index in [1.165, 1.54) is 78.1 Å². The van der Waals surface area contributed by atoms with E-state index in [1.54, 1.807) is 0 Å². The van der Waals surface area contributed by atoms with Gasteiger partial charge in [-0.3, -0.25) is 0 Å². The van der Waals surface area contributed by atoms with Crippen LogP contribution in [0.4, 0.5) is 0 Å². The van der Waals surface area contributed by atoms with Gasteiger partial charge >= 0.3 is 0 Å². The van der Waals surface area contributed by atoms with Gasteiger partial charge < -0.3 is 9.13 Å². The molecule has 0 N–H and O–H groups in total. The fraction of sp³-hybridized carbons (Fsp3) is 0.0952. The summed E-state index contributed by atoms with van der Waals surface area (Å²) in [5, 5.41) is 5.28. The Kier molecular flexibility index (Phi) is 5.80. The molecule has 9 rings (SSSR count). The quantitative estimate of drug-likeness (QED) is 0.201. The van der Waals surface area contributed by atoms with Crippen molar-refractivity contribution in [2.24, 2.45) is 0 Å². The highest BCUT2D eigenvalue weighted by molar-refractivity contribution is 6.29. The Hall–Kier alpha value is -5.34. The molecule has 1 aliphatic rings. The number of fused-ring (bicyclic) bond motifs is 7. The van der Waals surface area contributed by atoms with Gasteiger partial charge in [0.1, 0.15) is 0 Å². The molecule has 1 aliphatic carbocycles. The van der Waals surface area contributed by atoms with E-state index < -0.39 is 0 Å². The van der Waals surface area contributed by atoms with Crippen molar-refractivity contribution in [3.8, 4) is 16.8 Å². The van der Waals surface area contributed by atoms with Gasteiger partial charge in [0.25, 0.3) is 0 Å². The van der Waals surface area contributed by atoms with Crippen LogP contribution >= 0.6 is 0 Å². The summed E-state index contributed by atoms with van der Waals surface area (Å²) in [7, 11) is 0. The molecule has 1 unspecified atom stereocenters. The minimum atomic E-state index is 0.537. The molecule has 0 aliphatic heterocycles. The topological polar surface area (TPSA) is 9.86 Å². The first-order valence-electron chi connectivity index (χ1n) is 15.7. The third kappa shape index (κ3) is 3.88. The monoisotopic (exact) mass is 564 g/mol. The summed E-state index contributed by atoms with van der Waals surface area (Å²) in [6, 6.07) is 53.3. The lowest BCUT2D eigenvalue weighted by Gasteiger charge is -2.25. The van der Waals surface area contributed by atoms with Gasteiger partial charge in [-0.2, -0.15) is 0 Å². The molecular weight excluding hydrogens is 532 g/mol. The van der Waals surface area contributed by atoms with Gasteiger partial charge in [0, 0.05) is 32.9 Å². The number of aromatic nitrogens is 2. The summed E-state index contributed by atoms with van der Waals surface area (Å²) < 4.78 is 5.01. The lowest BCUT2D eigenvalue weighted by Crippen LogP contribution is -2.09. The Morgan fingerprint density at radius 3 is 1.80 bits per heavy atom. The zero-order valence-corrected chi connectivity index (χ0v) is 24.5. The molecule has 0 saturated heterocycles. The van der Waals surface area contributed by atoms with Crippen molar-refractivity contribution in [2.45, 2.75) is 25.2 Å². The van der Waals surface area contributed by atoms with E-state index in [1.807, 2.05) is 0 Å². The Bertz CT molecular complexity index is 2350. The molecule has 0 radical (unpaired) electrons. The molecule has 0 fully saturated rings. The van der Waals surface area contributed by atoms with Crippen LogP contribution in [0.5, 0.6) is 0 Å². The maximum atomic E-state index is 2.56. The number of para-hydroxylation sites is 2. The summed E-state index contributed by atoms with van der Waals surface area (Å²) >= 11 is 0. The van der Waals surface area contributed by atoms with Crippen LogP contribution in [0.2, 0.25) is 0 Å². The lowest BCUT2D eigenvalue weighted by atomic mass is 9.86. The summed E-state index contributed by atoms with van der Waals surface area (Å²) in [6.07, 6.45) is 5.82. The maximum Gasteiger partial charge on any atom is 0.0548 e. The van der Waals surface area contributed by atoms with Crippen LogP contribution in [0, 0.1) is 0 Å². The maximum absolute atomic E-state index is 2.56. The van der Waals surface area contributed by atoms with Crippen molar-refractivity contribution in [3.63, 3.8) is 0 Å². The van der Waals surface area contributed by atoms with Crippen LogP contribution < -0.4 is 0 Å². The van der Waals surface area contributed by atoms with E-state index >= 15 is 0 Å². The van der Waals surface area contributed by atoms with Crippen molar-refractivity contribution in [1.29, 1.82) is 0 Å². The Morgan fingerprint density at radius 1 is 0.477 bits per heavy atom. The van der Waals surface area contributed by atoms with Gasteiger partial charge in [0.15, 0.2) is 0 Å². The molecule has 0 bridgehead atoms. The molecule has 6 aromatic carbocycles. The Morgan fingerprint density at radius 2 is 1.07 bits per heavy atom. The smallest absolute Gasteiger partial charge is 0.0548 e. The van der Waals surface area contributed by atoms with Gasteiger partial charge in [0.05, 0.1) is 22.1 Å². The Balaban J connectivity index is 1.30. The molecule has 2 heterocycles. The zero-order valence-electron chi connectivity index (χ0n) is 24.5. The zero-order chi connectivity index (χ0) is 29.0. The van der Waals surface area contributed by atoms with Crippen molar-refractivity contribution in [1.82, 2.24) is 9.13 Å². The highest BCUT2D eigenvalue weighted by atomic mass is 15.0. The molecular formula is C42H32N2. The van der Waals surface area contributed by atoms with Gasteiger partial charge in [-0.25, -0.2) is 0 Å². The van der Waals surface area contributed by atoms with Crippen molar-refractivity contribution >= 4 is 49.3 Å². The van der Waals surface area contributed by atoms with Gasteiger partial charge in [-0.1, -0.05) is 115 Å². The van der Waals surface area contributed by atoms with Gasteiger partial charge in [-0.05, 0) is 78.3 Å². The lowest BCUT2D eigenvalue weighted by molar-refractivity contribution is 0.615. The molecule has 2 heteroatoms. The number of allylic oxidation sites excluding steroid dienone is 2. The SMILES string of the molecule is C1=C(n2c3ccccc3c3c4c5ccccc5n(-c5cccc(-c6ccccc6)c5)c4ccc32)CC(c2ccccc2)CC1. The van der Waals surface area contributed by atoms with Crippen LogP contribution in [0.25, 0.3) is 66.1 Å². The van der Waals surface area contributed by atoms with Gasteiger partial charge in [0.2, 0.25) is 0 Å². The second-order valence-electron chi connectivity index (χ2n) is 12.1. The predicted octanol–water partition coefficient (Wildman–Crippen LogP) is 11.4. The van der Waals surface area contributed by atoms with Crippen molar-refractivity contribution in [2.75, 3.05) is 0 Å². The average molecular weight is 565 g/mol. The first kappa shape index (κ1) is 25.2. The van der Waals surface area contributed by atoms with E-state index in [9.17, 15) is 0 Å². The third-order valence-corrected chi connectivity index (χ3v) is 9.59. The number of benzene rings is 6. The molecule has 8 aromatic rings. The minimum absolute atomic E-state index is 0.537. The van der Waals surface area contributed by atoms with Crippen LogP contribution in [0.1, 0.15) is 30.7 Å². The molecule has 1 atom stereocenters. The van der Waals surface area contributed by atoms with Crippen molar-refractivity contribution < 1.29 is 0 Å². The van der Waals surface area contributed by atoms with Crippen molar-refractivity contribution in [3.05, 3.63) is 157 Å². The molecule has 0 spiro atoms. The molecule has 0 amide bonds. The fourth-order valence-electron chi connectivity index (χ4n) is 7.64. The summed E-state index contributed by atoms with van der Waals surface area (Å²) in [5.74, 6) is 0.537. The second-order valence-corrected chi connectivity index (χ2v) is 12.1. The summed E-state index contributed by atoms with van der Waals surface area (Å²) in [5.41, 5.74) is 11.6. The third-order valence-electron chi connectivity index (χ3n) is 9.59. The number of nitrogens with zero attached hydrogens (tertiary/aromatic N) is 2. The minimum Gasteiger partial charge on any atom is -0.313 e. The van der Waals surface area contributed by atoms with Crippen LogP contribution in [-0.2, 0) is 0 Å². The number of hydrogen-bond acceptors (Lipinski definition) is 0. The van der Waals surface area contributed by atoms with Crippen LogP contribution in [0.15, 0.2) is 152 Å². The molecule has 44 heavy (non-hydrogen) atoms. The van der Waals surface area contributed by atoms with E-state index in [4.69, 9.17) is 0 Å². The molecule has 0 saturated carbocycles. The first-order valence-corrected chi connectivity index (χ1v) is 15.7. The molecule has 2 aromatic heterocycles. The highest BCUT2D eigenvalue weighted by Gasteiger charge is 2.24. The summed E-state index contributed by atoms with van der Waals surface area (Å²) in [4.78, 5) is 0. The van der Waals surface area contributed by atoms with E-state index in [-0.39, 0.29) is 0 Å². The van der Waals surface area contributed by atoms with Gasteiger partial charge in [-0.15, -0.1) is 0 Å².